The number of thiophene rings is 2. The van der Waals surface area contributed by atoms with Gasteiger partial charge in [0.2, 0.25) is 0 Å². The van der Waals surface area contributed by atoms with Crippen molar-refractivity contribution in [3.8, 4) is 44.5 Å². The highest BCUT2D eigenvalue weighted by molar-refractivity contribution is 7.26. The Morgan fingerprint density at radius 2 is 0.617 bits per heavy atom. The Labute approximate surface area is 354 Å². The molecule has 0 atom stereocenters. The summed E-state index contributed by atoms with van der Waals surface area (Å²) in [6, 6.07) is 77.1. The second-order valence-corrected chi connectivity index (χ2v) is 18.0. The van der Waals surface area contributed by atoms with E-state index < -0.39 is 0 Å². The van der Waals surface area contributed by atoms with Gasteiger partial charge in [0, 0.05) is 40.3 Å². The first-order valence-electron chi connectivity index (χ1n) is 20.6. The molecule has 0 N–H and O–H groups in total. The van der Waals surface area contributed by atoms with E-state index in [2.05, 4.69) is 206 Å². The Kier molecular flexibility index (Phi) is 7.45. The quantitative estimate of drug-likeness (QED) is 0.156. The van der Waals surface area contributed by atoms with Gasteiger partial charge in [-0.2, -0.15) is 0 Å². The minimum Gasteiger partial charge on any atom is -0.135 e. The predicted octanol–water partition coefficient (Wildman–Crippen LogP) is 17.7. The summed E-state index contributed by atoms with van der Waals surface area (Å²) in [5, 5.41) is 15.6. The molecule has 0 fully saturated rings. The highest BCUT2D eigenvalue weighted by atomic mass is 32.1. The van der Waals surface area contributed by atoms with Crippen LogP contribution in [0.4, 0.5) is 0 Å². The van der Waals surface area contributed by atoms with Gasteiger partial charge in [0.25, 0.3) is 0 Å². The van der Waals surface area contributed by atoms with Crippen LogP contribution in [-0.4, -0.2) is 0 Å². The summed E-state index contributed by atoms with van der Waals surface area (Å²) in [4.78, 5) is 0. The predicted molar refractivity (Wildman–Crippen MR) is 264 cm³/mol. The Hall–Kier alpha value is -7.10. The largest absolute Gasteiger partial charge is 0.135 e. The van der Waals surface area contributed by atoms with Gasteiger partial charge in [-0.3, -0.25) is 0 Å². The summed E-state index contributed by atoms with van der Waals surface area (Å²) < 4.78 is 5.33. The van der Waals surface area contributed by atoms with Gasteiger partial charge in [-0.15, -0.1) is 22.7 Å². The summed E-state index contributed by atoms with van der Waals surface area (Å²) in [5.41, 5.74) is 9.95. The van der Waals surface area contributed by atoms with Crippen molar-refractivity contribution in [3.05, 3.63) is 206 Å². The molecular weight excluding hydrogens is 761 g/mol. The first kappa shape index (κ1) is 33.8. The van der Waals surface area contributed by atoms with Crippen molar-refractivity contribution in [1.82, 2.24) is 0 Å². The third-order valence-corrected chi connectivity index (χ3v) is 15.0. The number of benzene rings is 11. The fourth-order valence-electron chi connectivity index (χ4n) is 10.0. The third kappa shape index (κ3) is 5.02. The van der Waals surface area contributed by atoms with Gasteiger partial charge >= 0.3 is 0 Å². The maximum atomic E-state index is 2.49. The molecule has 0 nitrogen and oxygen atoms in total. The molecule has 278 valence electrons. The average Bonchev–Trinajstić information content (AvgIpc) is 3.90. The fourth-order valence-corrected chi connectivity index (χ4v) is 12.3. The highest BCUT2D eigenvalue weighted by Gasteiger charge is 2.20. The molecule has 0 saturated carbocycles. The summed E-state index contributed by atoms with van der Waals surface area (Å²) in [5.74, 6) is 0. The van der Waals surface area contributed by atoms with Crippen molar-refractivity contribution in [2.75, 3.05) is 0 Å². The highest BCUT2D eigenvalue weighted by Crippen LogP contribution is 2.48. The minimum absolute atomic E-state index is 1.22. The molecule has 2 heterocycles. The van der Waals surface area contributed by atoms with Crippen LogP contribution < -0.4 is 0 Å². The lowest BCUT2D eigenvalue weighted by Gasteiger charge is -2.19. The van der Waals surface area contributed by atoms with Crippen LogP contribution in [0.25, 0.3) is 128 Å². The van der Waals surface area contributed by atoms with Crippen LogP contribution in [0.15, 0.2) is 206 Å². The zero-order valence-electron chi connectivity index (χ0n) is 32.4. The van der Waals surface area contributed by atoms with Crippen LogP contribution in [0.3, 0.4) is 0 Å². The van der Waals surface area contributed by atoms with Gasteiger partial charge in [-0.25, -0.2) is 0 Å². The first-order valence-corrected chi connectivity index (χ1v) is 22.2. The van der Waals surface area contributed by atoms with Crippen LogP contribution in [0.1, 0.15) is 0 Å². The molecule has 0 aliphatic heterocycles. The van der Waals surface area contributed by atoms with E-state index >= 15 is 0 Å². The van der Waals surface area contributed by atoms with Crippen molar-refractivity contribution < 1.29 is 0 Å². The number of fused-ring (bicyclic) bond motifs is 12. The summed E-state index contributed by atoms with van der Waals surface area (Å²) >= 11 is 3.77. The molecule has 11 aromatic carbocycles. The Morgan fingerprint density at radius 3 is 1.13 bits per heavy atom. The van der Waals surface area contributed by atoms with Crippen LogP contribution in [0.5, 0.6) is 0 Å². The molecule has 0 amide bonds. The molecule has 0 aliphatic carbocycles. The van der Waals surface area contributed by atoms with E-state index in [-0.39, 0.29) is 0 Å². The van der Waals surface area contributed by atoms with E-state index in [1.54, 1.807) is 0 Å². The Bertz CT molecular complexity index is 3650. The van der Waals surface area contributed by atoms with Crippen LogP contribution in [-0.2, 0) is 0 Å². The Morgan fingerprint density at radius 1 is 0.217 bits per heavy atom. The number of rotatable bonds is 4. The van der Waals surface area contributed by atoms with E-state index in [1.165, 1.54) is 128 Å². The summed E-state index contributed by atoms with van der Waals surface area (Å²) in [6.07, 6.45) is 0. The zero-order valence-corrected chi connectivity index (χ0v) is 34.1. The lowest BCUT2D eigenvalue weighted by molar-refractivity contribution is 1.61. The van der Waals surface area contributed by atoms with Gasteiger partial charge in [0.15, 0.2) is 0 Å². The minimum atomic E-state index is 1.22. The SMILES string of the molecule is c1ccc(-c2ccc(-c3c4cccc(-c5cccc6c5ccc5sc7ccccc7c56)c4cc4c(-c5cccc6c5ccc5sc7ccccc7c56)cccc34)cc2)cc1. The van der Waals surface area contributed by atoms with Crippen molar-refractivity contribution in [3.63, 3.8) is 0 Å². The molecule has 0 unspecified atom stereocenters. The molecule has 0 bridgehead atoms. The lowest BCUT2D eigenvalue weighted by atomic mass is 9.84. The molecule has 0 saturated heterocycles. The van der Waals surface area contributed by atoms with Gasteiger partial charge < -0.3 is 0 Å². The first-order chi connectivity index (χ1) is 29.8. The molecule has 0 aliphatic rings. The summed E-state index contributed by atoms with van der Waals surface area (Å²) in [6.45, 7) is 0. The smallest absolute Gasteiger partial charge is 0.0361 e. The normalized spacial score (nSPS) is 12.0. The van der Waals surface area contributed by atoms with E-state index in [0.29, 0.717) is 0 Å². The van der Waals surface area contributed by atoms with E-state index in [9.17, 15) is 0 Å². The topological polar surface area (TPSA) is 0 Å². The van der Waals surface area contributed by atoms with E-state index in [1.807, 2.05) is 22.7 Å². The average molecular weight is 795 g/mol. The fraction of sp³-hybridized carbons (Fsp3) is 0. The van der Waals surface area contributed by atoms with Crippen molar-refractivity contribution in [1.29, 1.82) is 0 Å². The van der Waals surface area contributed by atoms with Crippen molar-refractivity contribution in [2.24, 2.45) is 0 Å². The third-order valence-electron chi connectivity index (χ3n) is 12.7. The second-order valence-electron chi connectivity index (χ2n) is 15.9. The van der Waals surface area contributed by atoms with E-state index in [4.69, 9.17) is 0 Å². The molecule has 0 spiro atoms. The lowest BCUT2D eigenvalue weighted by Crippen LogP contribution is -1.92. The van der Waals surface area contributed by atoms with Gasteiger partial charge in [0.05, 0.1) is 0 Å². The molecule has 13 aromatic rings. The van der Waals surface area contributed by atoms with Crippen molar-refractivity contribution in [2.45, 2.75) is 0 Å². The standard InChI is InChI=1S/C58H34S2/c1-2-12-35(13-3-1)36-26-28-37(29-27-36)56-46-22-10-18-40(38-16-8-20-44-42(38)30-32-54-57(44)48-14-4-6-24-52(48)59-54)50(46)34-51-41(19-11-23-47(51)56)39-17-9-21-45-43(39)31-33-55-58(45)49-15-5-7-25-53(49)60-55/h1-34H. The molecule has 60 heavy (non-hydrogen) atoms. The maximum Gasteiger partial charge on any atom is 0.0361 e. The monoisotopic (exact) mass is 794 g/mol. The number of hydrogen-bond donors (Lipinski definition) is 0. The Balaban J connectivity index is 1.12. The summed E-state index contributed by atoms with van der Waals surface area (Å²) in [7, 11) is 0. The van der Waals surface area contributed by atoms with Gasteiger partial charge in [-0.1, -0.05) is 176 Å². The maximum absolute atomic E-state index is 2.49. The molecule has 2 heteroatoms. The van der Waals surface area contributed by atoms with Gasteiger partial charge in [-0.05, 0) is 118 Å². The molecule has 2 aromatic heterocycles. The molecule has 0 radical (unpaired) electrons. The van der Waals surface area contributed by atoms with E-state index in [0.717, 1.165) is 0 Å². The van der Waals surface area contributed by atoms with Crippen LogP contribution >= 0.6 is 22.7 Å². The molecular formula is C58H34S2. The number of hydrogen-bond acceptors (Lipinski definition) is 2. The second kappa shape index (κ2) is 13.2. The van der Waals surface area contributed by atoms with Crippen LogP contribution in [0, 0.1) is 0 Å². The zero-order chi connectivity index (χ0) is 39.3. The van der Waals surface area contributed by atoms with Gasteiger partial charge in [0.1, 0.15) is 0 Å². The van der Waals surface area contributed by atoms with Crippen molar-refractivity contribution >= 4 is 106 Å². The van der Waals surface area contributed by atoms with Crippen LogP contribution in [0.2, 0.25) is 0 Å². The molecule has 13 rings (SSSR count).